The minimum absolute atomic E-state index is 0.00513. The molecule has 2 amide bonds. The van der Waals surface area contributed by atoms with Crippen LogP contribution in [0.1, 0.15) is 44.5 Å². The summed E-state index contributed by atoms with van der Waals surface area (Å²) in [5, 5.41) is 2.67. The molecule has 0 unspecified atom stereocenters. The quantitative estimate of drug-likeness (QED) is 0.312. The second kappa shape index (κ2) is 9.60. The average Bonchev–Trinajstić information content (AvgIpc) is 3.59. The largest absolute Gasteiger partial charge is 0.455 e. The van der Waals surface area contributed by atoms with Crippen molar-refractivity contribution in [2.45, 2.75) is 25.6 Å². The molecular formula is C25H20F4N4O3S. The molecule has 1 aromatic carbocycles. The number of carbonyl (C=O) groups is 2. The van der Waals surface area contributed by atoms with Crippen molar-refractivity contribution < 1.29 is 31.6 Å². The molecule has 3 N–H and O–H groups in total. The summed E-state index contributed by atoms with van der Waals surface area (Å²) in [4.78, 5) is 30.9. The number of nitrogens with one attached hydrogen (secondary N) is 1. The number of hydrogen-bond acceptors (Lipinski definition) is 6. The Morgan fingerprint density at radius 2 is 1.81 bits per heavy atom. The Kier molecular flexibility index (Phi) is 6.46. The zero-order chi connectivity index (χ0) is 26.3. The second-order valence-corrected chi connectivity index (χ2v) is 9.61. The van der Waals surface area contributed by atoms with E-state index in [4.69, 9.17) is 10.2 Å². The third kappa shape index (κ3) is 5.07. The smallest absolute Gasteiger partial charge is 0.433 e. The number of benzene rings is 1. The van der Waals surface area contributed by atoms with E-state index in [1.165, 1.54) is 18.2 Å². The Morgan fingerprint density at radius 3 is 2.46 bits per heavy atom. The average molecular weight is 533 g/mol. The summed E-state index contributed by atoms with van der Waals surface area (Å²) in [5.41, 5.74) is 4.46. The van der Waals surface area contributed by atoms with Gasteiger partial charge in [-0.2, -0.15) is 13.2 Å². The van der Waals surface area contributed by atoms with Gasteiger partial charge in [0.25, 0.3) is 11.8 Å². The van der Waals surface area contributed by atoms with Crippen LogP contribution < -0.4 is 11.1 Å². The van der Waals surface area contributed by atoms with Crippen molar-refractivity contribution in [3.63, 3.8) is 0 Å². The lowest BCUT2D eigenvalue weighted by atomic mass is 10.0. The summed E-state index contributed by atoms with van der Waals surface area (Å²) in [6, 6.07) is 8.75. The summed E-state index contributed by atoms with van der Waals surface area (Å²) >= 11 is 0.626. The summed E-state index contributed by atoms with van der Waals surface area (Å²) in [6.45, 7) is 2.41. The van der Waals surface area contributed by atoms with Gasteiger partial charge in [0, 0.05) is 5.39 Å². The van der Waals surface area contributed by atoms with Gasteiger partial charge in [0.2, 0.25) is 0 Å². The highest BCUT2D eigenvalue weighted by atomic mass is 32.1. The van der Waals surface area contributed by atoms with Crippen LogP contribution >= 0.6 is 11.3 Å². The molecule has 12 heteroatoms. The number of fused-ring (bicyclic) bond motifs is 1. The summed E-state index contributed by atoms with van der Waals surface area (Å²) < 4.78 is 60.1. The van der Waals surface area contributed by atoms with Gasteiger partial charge >= 0.3 is 6.18 Å². The maximum atomic E-state index is 13.6. The maximum Gasteiger partial charge on any atom is 0.433 e. The van der Waals surface area contributed by atoms with E-state index in [1.54, 1.807) is 6.07 Å². The molecule has 1 aliphatic heterocycles. The van der Waals surface area contributed by atoms with Crippen molar-refractivity contribution in [3.8, 4) is 11.1 Å². The first-order chi connectivity index (χ1) is 17.6. The number of carbonyl (C=O) groups excluding carboxylic acids is 2. The predicted octanol–water partition coefficient (Wildman–Crippen LogP) is 5.66. The lowest BCUT2D eigenvalue weighted by Crippen LogP contribution is -2.18. The van der Waals surface area contributed by atoms with Gasteiger partial charge in [0.1, 0.15) is 27.0 Å². The van der Waals surface area contributed by atoms with E-state index in [0.29, 0.717) is 23.6 Å². The number of aromatic nitrogens is 1. The number of pyridine rings is 1. The SMILES string of the molecule is NC(=O)c1sc2nc(C(F)(F)F)cc(-c3ccc(F)cc3)c2c1NC(=O)c1ccc(CN2CCCC2)o1. The number of nitrogens with two attached hydrogens (primary N) is 1. The fourth-order valence-corrected chi connectivity index (χ4v) is 5.32. The van der Waals surface area contributed by atoms with E-state index in [0.717, 1.165) is 44.1 Å². The van der Waals surface area contributed by atoms with Gasteiger partial charge in [0.05, 0.1) is 12.2 Å². The maximum absolute atomic E-state index is 13.6. The molecule has 37 heavy (non-hydrogen) atoms. The van der Waals surface area contributed by atoms with Gasteiger partial charge in [-0.25, -0.2) is 9.37 Å². The second-order valence-electron chi connectivity index (χ2n) is 8.61. The van der Waals surface area contributed by atoms with E-state index >= 15 is 0 Å². The first-order valence-corrected chi connectivity index (χ1v) is 12.1. The van der Waals surface area contributed by atoms with E-state index in [-0.39, 0.29) is 37.7 Å². The number of alkyl halides is 3. The van der Waals surface area contributed by atoms with Gasteiger partial charge in [-0.3, -0.25) is 14.5 Å². The van der Waals surface area contributed by atoms with Gasteiger partial charge in [0.15, 0.2) is 5.76 Å². The lowest BCUT2D eigenvalue weighted by molar-refractivity contribution is -0.140. The Balaban J connectivity index is 1.59. The van der Waals surface area contributed by atoms with Crippen molar-refractivity contribution in [1.82, 2.24) is 9.88 Å². The normalized spacial score (nSPS) is 14.4. The van der Waals surface area contributed by atoms with Crippen LogP contribution in [0.5, 0.6) is 0 Å². The zero-order valence-corrected chi connectivity index (χ0v) is 20.0. The van der Waals surface area contributed by atoms with Crippen molar-refractivity contribution in [1.29, 1.82) is 0 Å². The fourth-order valence-electron chi connectivity index (χ4n) is 4.31. The number of primary amides is 1. The van der Waals surface area contributed by atoms with Crippen LogP contribution in [0.25, 0.3) is 21.3 Å². The van der Waals surface area contributed by atoms with Crippen molar-refractivity contribution in [2.75, 3.05) is 18.4 Å². The molecule has 3 aromatic heterocycles. The number of nitrogens with zero attached hydrogens (tertiary/aromatic N) is 2. The van der Waals surface area contributed by atoms with Gasteiger partial charge in [-0.05, 0) is 67.4 Å². The van der Waals surface area contributed by atoms with Crippen LogP contribution in [0.15, 0.2) is 46.9 Å². The van der Waals surface area contributed by atoms with Crippen LogP contribution in [0.4, 0.5) is 23.2 Å². The molecule has 192 valence electrons. The minimum atomic E-state index is -4.79. The molecule has 5 rings (SSSR count). The Hall–Kier alpha value is -3.77. The van der Waals surface area contributed by atoms with Crippen molar-refractivity contribution in [2.24, 2.45) is 5.73 Å². The molecule has 4 aromatic rings. The molecular weight excluding hydrogens is 512 g/mol. The monoisotopic (exact) mass is 532 g/mol. The first kappa shape index (κ1) is 24.9. The molecule has 4 heterocycles. The van der Waals surface area contributed by atoms with Gasteiger partial charge in [-0.1, -0.05) is 12.1 Å². The molecule has 0 bridgehead atoms. The highest BCUT2D eigenvalue weighted by molar-refractivity contribution is 7.21. The number of amides is 2. The summed E-state index contributed by atoms with van der Waals surface area (Å²) in [7, 11) is 0. The molecule has 1 fully saturated rings. The molecule has 0 spiro atoms. The topological polar surface area (TPSA) is 101 Å². The van der Waals surface area contributed by atoms with Crippen LogP contribution in [0.2, 0.25) is 0 Å². The Labute approximate surface area is 211 Å². The van der Waals surface area contributed by atoms with Crippen LogP contribution in [-0.4, -0.2) is 34.8 Å². The third-order valence-electron chi connectivity index (χ3n) is 6.03. The van der Waals surface area contributed by atoms with E-state index in [1.807, 2.05) is 0 Å². The molecule has 0 saturated carbocycles. The molecule has 0 atom stereocenters. The lowest BCUT2D eigenvalue weighted by Gasteiger charge is -2.12. The Morgan fingerprint density at radius 1 is 1.11 bits per heavy atom. The van der Waals surface area contributed by atoms with Crippen LogP contribution in [0, 0.1) is 5.82 Å². The predicted molar refractivity (Wildman–Crippen MR) is 130 cm³/mol. The number of anilines is 1. The fraction of sp³-hybridized carbons (Fsp3) is 0.240. The summed E-state index contributed by atoms with van der Waals surface area (Å²) in [5.74, 6) is -1.69. The Bertz CT molecular complexity index is 1490. The third-order valence-corrected chi connectivity index (χ3v) is 7.13. The molecule has 0 radical (unpaired) electrons. The number of halogens is 4. The van der Waals surface area contributed by atoms with Crippen LogP contribution in [-0.2, 0) is 12.7 Å². The van der Waals surface area contributed by atoms with Crippen molar-refractivity contribution >= 4 is 39.1 Å². The minimum Gasteiger partial charge on any atom is -0.455 e. The van der Waals surface area contributed by atoms with Gasteiger partial charge in [-0.15, -0.1) is 11.3 Å². The number of thiophene rings is 1. The summed E-state index contributed by atoms with van der Waals surface area (Å²) in [6.07, 6.45) is -2.60. The molecule has 7 nitrogen and oxygen atoms in total. The van der Waals surface area contributed by atoms with E-state index in [9.17, 15) is 27.2 Å². The molecule has 0 aliphatic carbocycles. The van der Waals surface area contributed by atoms with E-state index < -0.39 is 29.5 Å². The highest BCUT2D eigenvalue weighted by Gasteiger charge is 2.35. The van der Waals surface area contributed by atoms with Crippen molar-refractivity contribution in [3.05, 3.63) is 70.4 Å². The van der Waals surface area contributed by atoms with E-state index in [2.05, 4.69) is 15.2 Å². The van der Waals surface area contributed by atoms with Gasteiger partial charge < -0.3 is 15.5 Å². The number of furan rings is 1. The number of likely N-dealkylation sites (tertiary alicyclic amines) is 1. The highest BCUT2D eigenvalue weighted by Crippen LogP contribution is 2.43. The standard InChI is InChI=1S/C25H20F4N4O3S/c26-14-5-3-13(4-6-14)16-11-18(25(27,28)29)31-24-19(16)20(21(37-24)22(30)34)32-23(35)17-8-7-15(36-17)12-33-9-1-2-10-33/h3-8,11H,1-2,9-10,12H2,(H2,30,34)(H,32,35). The molecule has 1 aliphatic rings. The first-order valence-electron chi connectivity index (χ1n) is 11.3. The molecule has 1 saturated heterocycles. The van der Waals surface area contributed by atoms with Crippen LogP contribution in [0.3, 0.4) is 0 Å². The zero-order valence-electron chi connectivity index (χ0n) is 19.2. The number of rotatable bonds is 6. The number of hydrogen-bond donors (Lipinski definition) is 2.